The number of halogens is 5. The minimum atomic E-state index is -2.18. The Kier molecular flexibility index (Phi) is 4.68. The maximum absolute atomic E-state index is 13.5. The van der Waals surface area contributed by atoms with E-state index in [0.29, 0.717) is 0 Å². The molecule has 0 saturated heterocycles. The Balaban J connectivity index is 3.43. The highest BCUT2D eigenvalue weighted by molar-refractivity contribution is 5.28. The molecule has 0 aromatic heterocycles. The van der Waals surface area contributed by atoms with Gasteiger partial charge in [0.15, 0.2) is 23.3 Å². The van der Waals surface area contributed by atoms with E-state index >= 15 is 0 Å². The second-order valence-corrected chi connectivity index (χ2v) is 3.50. The van der Waals surface area contributed by atoms with E-state index in [2.05, 4.69) is 11.2 Å². The zero-order valence-corrected chi connectivity index (χ0v) is 9.46. The van der Waals surface area contributed by atoms with E-state index in [0.717, 1.165) is 0 Å². The molecule has 1 rings (SSSR count). The number of rotatable bonds is 4. The molecule has 0 amide bonds. The molecule has 0 aliphatic rings. The Morgan fingerprint density at radius 3 is 1.83 bits per heavy atom. The molecule has 6 heteroatoms. The Morgan fingerprint density at radius 2 is 1.44 bits per heavy atom. The van der Waals surface area contributed by atoms with Crippen molar-refractivity contribution in [3.8, 4) is 12.3 Å². The molecule has 1 N–H and O–H groups in total. The van der Waals surface area contributed by atoms with Crippen LogP contribution in [0.25, 0.3) is 0 Å². The van der Waals surface area contributed by atoms with Gasteiger partial charge in [-0.3, -0.25) is 0 Å². The Morgan fingerprint density at radius 1 is 1.00 bits per heavy atom. The largest absolute Gasteiger partial charge is 0.309 e. The van der Waals surface area contributed by atoms with Crippen LogP contribution in [0.3, 0.4) is 0 Å². The van der Waals surface area contributed by atoms with Gasteiger partial charge in [-0.2, -0.15) is 0 Å². The van der Waals surface area contributed by atoms with Crippen LogP contribution in [0.1, 0.15) is 24.9 Å². The number of nitrogens with one attached hydrogen (secondary N) is 1. The van der Waals surface area contributed by atoms with Gasteiger partial charge >= 0.3 is 0 Å². The van der Waals surface area contributed by atoms with Crippen LogP contribution in [0, 0.1) is 41.4 Å². The molecule has 0 fully saturated rings. The summed E-state index contributed by atoms with van der Waals surface area (Å²) in [5.41, 5.74) is -0.925. The van der Waals surface area contributed by atoms with E-state index in [4.69, 9.17) is 6.42 Å². The van der Waals surface area contributed by atoms with Crippen molar-refractivity contribution < 1.29 is 22.0 Å². The van der Waals surface area contributed by atoms with E-state index in [1.807, 2.05) is 0 Å². The van der Waals surface area contributed by atoms with Crippen molar-refractivity contribution >= 4 is 0 Å². The van der Waals surface area contributed by atoms with Gasteiger partial charge in [0.2, 0.25) is 5.82 Å². The lowest BCUT2D eigenvalue weighted by Crippen LogP contribution is -2.24. The first-order valence-electron chi connectivity index (χ1n) is 5.13. The molecule has 0 aliphatic heterocycles. The topological polar surface area (TPSA) is 12.0 Å². The van der Waals surface area contributed by atoms with Crippen molar-refractivity contribution in [3.05, 3.63) is 34.6 Å². The van der Waals surface area contributed by atoms with Crippen molar-refractivity contribution in [2.24, 2.45) is 0 Å². The molecular weight excluding hydrogens is 253 g/mol. The second-order valence-electron chi connectivity index (χ2n) is 3.50. The summed E-state index contributed by atoms with van der Waals surface area (Å²) in [5.74, 6) is -7.70. The third-order valence-electron chi connectivity index (χ3n) is 2.36. The lowest BCUT2D eigenvalue weighted by molar-refractivity contribution is 0.357. The summed E-state index contributed by atoms with van der Waals surface area (Å²) in [6.45, 7) is 1.89. The number of hydrogen-bond acceptors (Lipinski definition) is 1. The normalized spacial score (nSPS) is 12.3. The molecule has 1 aromatic rings. The molecule has 0 spiro atoms. The predicted molar refractivity (Wildman–Crippen MR) is 56.1 cm³/mol. The van der Waals surface area contributed by atoms with Crippen LogP contribution in [-0.4, -0.2) is 6.54 Å². The van der Waals surface area contributed by atoms with E-state index in [9.17, 15) is 22.0 Å². The van der Waals surface area contributed by atoms with E-state index in [1.165, 1.54) is 0 Å². The minimum Gasteiger partial charge on any atom is -0.309 e. The van der Waals surface area contributed by atoms with E-state index in [1.54, 1.807) is 6.92 Å². The number of benzene rings is 1. The van der Waals surface area contributed by atoms with E-state index < -0.39 is 40.7 Å². The highest BCUT2D eigenvalue weighted by Gasteiger charge is 2.29. The van der Waals surface area contributed by atoms with Crippen LogP contribution >= 0.6 is 0 Å². The average molecular weight is 263 g/mol. The van der Waals surface area contributed by atoms with Crippen molar-refractivity contribution in [1.82, 2.24) is 5.32 Å². The highest BCUT2D eigenvalue weighted by atomic mass is 19.2. The molecule has 1 atom stereocenters. The van der Waals surface area contributed by atoms with Gasteiger partial charge in [0, 0.05) is 18.0 Å². The van der Waals surface area contributed by atoms with E-state index in [-0.39, 0.29) is 13.0 Å². The van der Waals surface area contributed by atoms with Gasteiger partial charge in [0.05, 0.1) is 0 Å². The van der Waals surface area contributed by atoms with Crippen LogP contribution in [-0.2, 0) is 0 Å². The van der Waals surface area contributed by atoms with Crippen LogP contribution in [0.4, 0.5) is 22.0 Å². The van der Waals surface area contributed by atoms with Gasteiger partial charge in [-0.25, -0.2) is 22.0 Å². The molecule has 18 heavy (non-hydrogen) atoms. The Labute approximate surface area is 101 Å². The van der Waals surface area contributed by atoms with Crippen LogP contribution in [0.5, 0.6) is 0 Å². The van der Waals surface area contributed by atoms with Crippen molar-refractivity contribution in [2.75, 3.05) is 6.54 Å². The van der Waals surface area contributed by atoms with Crippen molar-refractivity contribution in [1.29, 1.82) is 0 Å². The first-order chi connectivity index (χ1) is 8.45. The predicted octanol–water partition coefficient (Wildman–Crippen LogP) is 3.06. The molecule has 0 aliphatic carbocycles. The average Bonchev–Trinajstić information content (AvgIpc) is 2.35. The summed E-state index contributed by atoms with van der Waals surface area (Å²) in [5, 5.41) is 2.58. The van der Waals surface area contributed by atoms with Crippen molar-refractivity contribution in [3.63, 3.8) is 0 Å². The molecule has 1 unspecified atom stereocenters. The molecular formula is C12H10F5N. The van der Waals surface area contributed by atoms with Gasteiger partial charge < -0.3 is 5.32 Å². The molecule has 1 aromatic carbocycles. The van der Waals surface area contributed by atoms with Gasteiger partial charge in [-0.15, -0.1) is 12.3 Å². The minimum absolute atomic E-state index is 0.188. The number of hydrogen-bond donors (Lipinski definition) is 1. The van der Waals surface area contributed by atoms with Crippen molar-refractivity contribution in [2.45, 2.75) is 19.4 Å². The highest BCUT2D eigenvalue weighted by Crippen LogP contribution is 2.29. The SMILES string of the molecule is C#CCC(NCC)c1c(F)c(F)c(F)c(F)c1F. The summed E-state index contributed by atoms with van der Waals surface area (Å²) in [7, 11) is 0. The number of terminal acetylenes is 1. The molecule has 0 saturated carbocycles. The fraction of sp³-hybridized carbons (Fsp3) is 0.333. The van der Waals surface area contributed by atoms with Crippen LogP contribution in [0.15, 0.2) is 0 Å². The maximum Gasteiger partial charge on any atom is 0.200 e. The van der Waals surface area contributed by atoms with Crippen LogP contribution < -0.4 is 5.32 Å². The summed E-state index contributed by atoms with van der Waals surface area (Å²) >= 11 is 0. The molecule has 0 radical (unpaired) electrons. The van der Waals surface area contributed by atoms with Crippen LogP contribution in [0.2, 0.25) is 0 Å². The quantitative estimate of drug-likeness (QED) is 0.381. The zero-order valence-electron chi connectivity index (χ0n) is 9.46. The Hall–Kier alpha value is -1.61. The smallest absolute Gasteiger partial charge is 0.200 e. The first-order valence-corrected chi connectivity index (χ1v) is 5.13. The third-order valence-corrected chi connectivity index (χ3v) is 2.36. The second kappa shape index (κ2) is 5.83. The lowest BCUT2D eigenvalue weighted by Gasteiger charge is -2.18. The van der Waals surface area contributed by atoms with Gasteiger partial charge in [-0.1, -0.05) is 6.92 Å². The summed E-state index contributed by atoms with van der Waals surface area (Å²) in [6.07, 6.45) is 4.82. The fourth-order valence-electron chi connectivity index (χ4n) is 1.57. The first kappa shape index (κ1) is 14.5. The summed E-state index contributed by atoms with van der Waals surface area (Å²) in [6, 6.07) is -1.12. The monoisotopic (exact) mass is 263 g/mol. The van der Waals surface area contributed by atoms with Gasteiger partial charge in [0.25, 0.3) is 0 Å². The zero-order chi connectivity index (χ0) is 13.9. The standard InChI is InChI=1S/C12H10F5N/c1-3-5-6(18-4-2)7-8(13)10(15)12(17)11(16)9(7)14/h1,6,18H,4-5H2,2H3. The van der Waals surface area contributed by atoms with Gasteiger partial charge in [-0.05, 0) is 6.54 Å². The Bertz CT molecular complexity index is 463. The maximum atomic E-state index is 13.5. The molecule has 1 nitrogen and oxygen atoms in total. The molecule has 0 heterocycles. The lowest BCUT2D eigenvalue weighted by atomic mass is 10.0. The third kappa shape index (κ3) is 2.46. The molecule has 0 bridgehead atoms. The molecule has 98 valence electrons. The van der Waals surface area contributed by atoms with Gasteiger partial charge in [0.1, 0.15) is 0 Å². The summed E-state index contributed by atoms with van der Waals surface area (Å²) in [4.78, 5) is 0. The summed E-state index contributed by atoms with van der Waals surface area (Å²) < 4.78 is 65.8. The fourth-order valence-corrected chi connectivity index (χ4v) is 1.57.